The summed E-state index contributed by atoms with van der Waals surface area (Å²) in [5, 5.41) is 1.40. The first-order valence-electron chi connectivity index (χ1n) is 8.73. The second-order valence-corrected chi connectivity index (χ2v) is 14.2. The molecule has 0 aliphatic heterocycles. The van der Waals surface area contributed by atoms with E-state index in [2.05, 4.69) is 66.8 Å². The first-order valence-corrected chi connectivity index (χ1v) is 11.7. The molecule has 0 N–H and O–H groups in total. The first kappa shape index (κ1) is 18.2. The predicted molar refractivity (Wildman–Crippen MR) is 101 cm³/mol. The highest BCUT2D eigenvalue weighted by atomic mass is 28.3. The van der Waals surface area contributed by atoms with E-state index < -0.39 is 13.5 Å². The lowest BCUT2D eigenvalue weighted by atomic mass is 9.67. The normalized spacial score (nSPS) is 26.1. The number of rotatable bonds is 3. The van der Waals surface area contributed by atoms with Crippen LogP contribution in [0.15, 0.2) is 16.6 Å². The molecular weight excluding hydrogens is 300 g/mol. The molecule has 0 saturated heterocycles. The van der Waals surface area contributed by atoms with Gasteiger partial charge in [-0.2, -0.15) is 0 Å². The second-order valence-electron chi connectivity index (χ2n) is 8.99. The number of hydrogen-bond acceptors (Lipinski definition) is 2. The first-order chi connectivity index (χ1) is 10.4. The van der Waals surface area contributed by atoms with E-state index in [0.717, 1.165) is 30.5 Å². The van der Waals surface area contributed by atoms with Gasteiger partial charge in [-0.25, -0.2) is 0 Å². The lowest BCUT2D eigenvalue weighted by molar-refractivity contribution is -0.115. The molecule has 3 heteroatoms. The van der Waals surface area contributed by atoms with E-state index in [9.17, 15) is 4.79 Å². The van der Waals surface area contributed by atoms with Gasteiger partial charge in [0.05, 0.1) is 10.8 Å². The molecule has 128 valence electrons. The van der Waals surface area contributed by atoms with Crippen molar-refractivity contribution in [3.05, 3.63) is 23.5 Å². The summed E-state index contributed by atoms with van der Waals surface area (Å²) in [5.74, 6) is 1.25. The van der Waals surface area contributed by atoms with Crippen molar-refractivity contribution in [3.8, 4) is 0 Å². The van der Waals surface area contributed by atoms with Crippen LogP contribution in [0.5, 0.6) is 0 Å². The lowest BCUT2D eigenvalue weighted by Crippen LogP contribution is -2.49. The summed E-state index contributed by atoms with van der Waals surface area (Å²) < 4.78 is 6.43. The van der Waals surface area contributed by atoms with E-state index >= 15 is 0 Å². The molecule has 0 unspecified atom stereocenters. The van der Waals surface area contributed by atoms with Crippen molar-refractivity contribution < 1.29 is 9.21 Å². The molecule has 0 amide bonds. The van der Waals surface area contributed by atoms with E-state index in [1.807, 2.05) is 0 Å². The topological polar surface area (TPSA) is 30.2 Å². The molecule has 2 rings (SSSR count). The zero-order chi connectivity index (χ0) is 17.6. The number of carbonyl (C=O) groups is 1. The van der Waals surface area contributed by atoms with Crippen molar-refractivity contribution in [1.29, 1.82) is 0 Å². The molecule has 2 atom stereocenters. The maximum absolute atomic E-state index is 11.8. The highest BCUT2D eigenvalue weighted by molar-refractivity contribution is 6.91. The van der Waals surface area contributed by atoms with Gasteiger partial charge >= 0.3 is 0 Å². The SMILES string of the molecule is Cc1cc(C2=CCC[C@H](C)[C@@]2(C)C=O)oc1[Si](C)(C)C(C)(C)C. The summed E-state index contributed by atoms with van der Waals surface area (Å²) >= 11 is 0. The van der Waals surface area contributed by atoms with Crippen molar-refractivity contribution in [3.63, 3.8) is 0 Å². The standard InChI is InChI=1S/C20H32O2Si/c1-14-12-17(22-18(14)23(7,8)19(3,4)5)16-11-9-10-15(2)20(16,6)13-21/h11-13,15H,9-10H2,1-8H3/t15-,20+/m0/s1. The Labute approximate surface area is 142 Å². The molecule has 1 aliphatic rings. The molecule has 1 heterocycles. The van der Waals surface area contributed by atoms with E-state index in [0.29, 0.717) is 5.92 Å². The van der Waals surface area contributed by atoms with Crippen LogP contribution in [-0.4, -0.2) is 14.4 Å². The van der Waals surface area contributed by atoms with Gasteiger partial charge in [-0.05, 0) is 49.3 Å². The summed E-state index contributed by atoms with van der Waals surface area (Å²) in [5.41, 5.74) is 1.88. The van der Waals surface area contributed by atoms with Crippen LogP contribution < -0.4 is 5.38 Å². The maximum atomic E-state index is 11.8. The van der Waals surface area contributed by atoms with E-state index in [4.69, 9.17) is 4.42 Å². The van der Waals surface area contributed by atoms with Crippen LogP contribution in [0.2, 0.25) is 18.1 Å². The fourth-order valence-electron chi connectivity index (χ4n) is 3.38. The Bertz CT molecular complexity index is 631. The quantitative estimate of drug-likeness (QED) is 0.554. The summed E-state index contributed by atoms with van der Waals surface area (Å²) in [6.45, 7) is 18.0. The Morgan fingerprint density at radius 1 is 1.35 bits per heavy atom. The van der Waals surface area contributed by atoms with Crippen molar-refractivity contribution in [1.82, 2.24) is 0 Å². The molecule has 1 aromatic heterocycles. The van der Waals surface area contributed by atoms with Crippen molar-refractivity contribution in [2.75, 3.05) is 0 Å². The van der Waals surface area contributed by atoms with Crippen LogP contribution in [0.4, 0.5) is 0 Å². The number of aldehydes is 1. The number of aryl methyl sites for hydroxylation is 1. The fourth-order valence-corrected chi connectivity index (χ4v) is 5.49. The molecule has 0 saturated carbocycles. The summed E-state index contributed by atoms with van der Waals surface area (Å²) in [6.07, 6.45) is 5.41. The molecule has 23 heavy (non-hydrogen) atoms. The molecule has 0 radical (unpaired) electrons. The third-order valence-electron chi connectivity index (χ3n) is 6.42. The maximum Gasteiger partial charge on any atom is 0.132 e. The fraction of sp³-hybridized carbons (Fsp3) is 0.650. The van der Waals surface area contributed by atoms with Crippen molar-refractivity contribution in [2.24, 2.45) is 11.3 Å². The molecular formula is C20H32O2Si. The van der Waals surface area contributed by atoms with Crippen molar-refractivity contribution >= 4 is 25.3 Å². The minimum Gasteiger partial charge on any atom is -0.466 e. The van der Waals surface area contributed by atoms with Crippen LogP contribution in [-0.2, 0) is 4.79 Å². The second kappa shape index (κ2) is 5.77. The monoisotopic (exact) mass is 332 g/mol. The highest BCUT2D eigenvalue weighted by Gasteiger charge is 2.43. The van der Waals surface area contributed by atoms with Crippen LogP contribution in [0.3, 0.4) is 0 Å². The van der Waals surface area contributed by atoms with Gasteiger partial charge in [0, 0.05) is 5.57 Å². The predicted octanol–water partition coefficient (Wildman–Crippen LogP) is 5.32. The number of furan rings is 1. The average Bonchev–Trinajstić information content (AvgIpc) is 2.83. The number of hydrogen-bond donors (Lipinski definition) is 0. The van der Waals surface area contributed by atoms with Gasteiger partial charge in [-0.15, -0.1) is 0 Å². The smallest absolute Gasteiger partial charge is 0.132 e. The molecule has 0 bridgehead atoms. The Balaban J connectivity index is 2.54. The minimum absolute atomic E-state index is 0.231. The summed E-state index contributed by atoms with van der Waals surface area (Å²) in [6, 6.07) is 2.15. The van der Waals surface area contributed by atoms with E-state index in [-0.39, 0.29) is 5.04 Å². The number of carbonyl (C=O) groups excluding carboxylic acids is 1. The molecule has 2 nitrogen and oxygen atoms in total. The summed E-state index contributed by atoms with van der Waals surface area (Å²) in [4.78, 5) is 11.8. The van der Waals surface area contributed by atoms with Crippen LogP contribution >= 0.6 is 0 Å². The largest absolute Gasteiger partial charge is 0.466 e. The minimum atomic E-state index is -1.72. The number of allylic oxidation sites excluding steroid dienone is 2. The molecule has 0 fully saturated rings. The Hall–Kier alpha value is -1.09. The lowest BCUT2D eigenvalue weighted by Gasteiger charge is -2.36. The van der Waals surface area contributed by atoms with Crippen LogP contribution in [0.1, 0.15) is 58.8 Å². The van der Waals surface area contributed by atoms with Gasteiger partial charge in [0.15, 0.2) is 0 Å². The Morgan fingerprint density at radius 2 is 1.96 bits per heavy atom. The zero-order valence-electron chi connectivity index (χ0n) is 16.0. The molecule has 1 aromatic rings. The van der Waals surface area contributed by atoms with E-state index in [1.54, 1.807) is 0 Å². The van der Waals surface area contributed by atoms with Crippen LogP contribution in [0, 0.1) is 18.3 Å². The molecule has 1 aliphatic carbocycles. The van der Waals surface area contributed by atoms with Gasteiger partial charge in [-0.1, -0.05) is 46.9 Å². The van der Waals surface area contributed by atoms with Crippen molar-refractivity contribution in [2.45, 2.75) is 72.5 Å². The summed E-state index contributed by atoms with van der Waals surface area (Å²) in [7, 11) is -1.72. The Kier molecular flexibility index (Phi) is 4.57. The molecule has 0 spiro atoms. The molecule has 0 aromatic carbocycles. The van der Waals surface area contributed by atoms with E-state index in [1.165, 1.54) is 10.9 Å². The van der Waals surface area contributed by atoms with Crippen LogP contribution in [0.25, 0.3) is 5.57 Å². The third kappa shape index (κ3) is 2.88. The third-order valence-corrected chi connectivity index (χ3v) is 11.8. The van der Waals surface area contributed by atoms with Gasteiger partial charge < -0.3 is 9.21 Å². The highest BCUT2D eigenvalue weighted by Crippen LogP contribution is 2.46. The van der Waals surface area contributed by atoms with Gasteiger partial charge in [0.25, 0.3) is 0 Å². The van der Waals surface area contributed by atoms with Gasteiger partial charge in [0.2, 0.25) is 0 Å². The van der Waals surface area contributed by atoms with Gasteiger partial charge in [0.1, 0.15) is 20.1 Å². The van der Waals surface area contributed by atoms with Gasteiger partial charge in [-0.3, -0.25) is 0 Å². The average molecular weight is 333 g/mol. The zero-order valence-corrected chi connectivity index (χ0v) is 17.0. The Morgan fingerprint density at radius 3 is 2.48 bits per heavy atom.